The third kappa shape index (κ3) is 4.52. The van der Waals surface area contributed by atoms with E-state index in [2.05, 4.69) is 13.0 Å². The van der Waals surface area contributed by atoms with Gasteiger partial charge in [-0.05, 0) is 100 Å². The Hall–Kier alpha value is -1.04. The van der Waals surface area contributed by atoms with Gasteiger partial charge in [0.25, 0.3) is 0 Å². The molecule has 0 aromatic rings. The molecule has 0 aromatic heterocycles. The van der Waals surface area contributed by atoms with Gasteiger partial charge in [0.2, 0.25) is 0 Å². The minimum absolute atomic E-state index is 0.0116. The zero-order chi connectivity index (χ0) is 19.3. The molecule has 4 saturated carbocycles. The fourth-order valence-corrected chi connectivity index (χ4v) is 6.45. The lowest BCUT2D eigenvalue weighted by molar-refractivity contribution is -0.150. The van der Waals surface area contributed by atoms with Crippen LogP contribution in [0, 0.1) is 39.9 Å². The van der Waals surface area contributed by atoms with Crippen LogP contribution in [0.1, 0.15) is 104 Å². The summed E-state index contributed by atoms with van der Waals surface area (Å²) in [6.45, 7) is 4.91. The van der Waals surface area contributed by atoms with Gasteiger partial charge in [-0.3, -0.25) is 4.79 Å². The zero-order valence-corrected chi connectivity index (χ0v) is 17.6. The summed E-state index contributed by atoms with van der Waals surface area (Å²) >= 11 is 0. The normalized spacial score (nSPS) is 36.8. The number of carbonyl (C=O) groups excluding carboxylic acids is 1. The molecule has 4 aliphatic rings. The summed E-state index contributed by atoms with van der Waals surface area (Å²) in [4.78, 5) is 12.1. The predicted octanol–water partition coefficient (Wildman–Crippen LogP) is 6.42. The highest BCUT2D eigenvalue weighted by atomic mass is 16.5. The minimum Gasteiger partial charge on any atom is -0.465 e. The summed E-state index contributed by atoms with van der Waals surface area (Å²) in [5.74, 6) is 0.970. The molecule has 2 bridgehead atoms. The molecule has 0 spiro atoms. The van der Waals surface area contributed by atoms with Crippen LogP contribution in [0.3, 0.4) is 0 Å². The first kappa shape index (κ1) is 20.7. The van der Waals surface area contributed by atoms with Crippen LogP contribution in [0.4, 0.5) is 0 Å². The van der Waals surface area contributed by atoms with Crippen LogP contribution in [0.25, 0.3) is 0 Å². The molecule has 0 aliphatic heterocycles. The Kier molecular flexibility index (Phi) is 6.88. The first-order valence-corrected chi connectivity index (χ1v) is 11.6. The average Bonchev–Trinajstić information content (AvgIpc) is 2.72. The van der Waals surface area contributed by atoms with Crippen LogP contribution in [0.2, 0.25) is 0 Å². The van der Waals surface area contributed by atoms with Gasteiger partial charge in [-0.1, -0.05) is 20.3 Å². The highest BCUT2D eigenvalue weighted by Crippen LogP contribution is 2.62. The molecule has 0 aromatic carbocycles. The summed E-state index contributed by atoms with van der Waals surface area (Å²) in [7, 11) is 0. The molecule has 27 heavy (non-hydrogen) atoms. The van der Waals surface area contributed by atoms with E-state index in [0.717, 1.165) is 38.5 Å². The molecule has 3 heteroatoms. The maximum atomic E-state index is 12.1. The molecule has 4 rings (SSSR count). The van der Waals surface area contributed by atoms with E-state index in [1.807, 2.05) is 6.92 Å². The van der Waals surface area contributed by atoms with Gasteiger partial charge in [0.05, 0.1) is 24.5 Å². The van der Waals surface area contributed by atoms with Crippen molar-refractivity contribution < 1.29 is 9.53 Å². The van der Waals surface area contributed by atoms with E-state index >= 15 is 0 Å². The highest BCUT2D eigenvalue weighted by molar-refractivity contribution is 5.72. The molecule has 4 fully saturated rings. The van der Waals surface area contributed by atoms with Crippen molar-refractivity contribution >= 4 is 5.97 Å². The van der Waals surface area contributed by atoms with Crippen molar-refractivity contribution in [2.45, 2.75) is 104 Å². The van der Waals surface area contributed by atoms with E-state index in [-0.39, 0.29) is 17.8 Å². The van der Waals surface area contributed by atoms with Crippen LogP contribution in [-0.4, -0.2) is 12.6 Å². The molecule has 1 atom stereocenters. The number of nitrogens with zero attached hydrogens (tertiary/aromatic N) is 1. The van der Waals surface area contributed by atoms with Gasteiger partial charge in [0.1, 0.15) is 0 Å². The lowest BCUT2D eigenvalue weighted by Gasteiger charge is -2.56. The number of fused-ring (bicyclic) bond motifs is 3. The van der Waals surface area contributed by atoms with E-state index < -0.39 is 0 Å². The van der Waals surface area contributed by atoms with E-state index in [4.69, 9.17) is 4.74 Å². The van der Waals surface area contributed by atoms with E-state index in [9.17, 15) is 10.1 Å². The van der Waals surface area contributed by atoms with Crippen LogP contribution < -0.4 is 0 Å². The molecule has 3 nitrogen and oxygen atoms in total. The van der Waals surface area contributed by atoms with Crippen molar-refractivity contribution in [3.8, 4) is 6.07 Å². The second-order valence-corrected chi connectivity index (χ2v) is 9.91. The standard InChI is InChI=1S/C24H39NO2/c1-3-9-23-10-13-24(14-11-23,15-12-23)21(18-25)17-19-5-7-20(8-6-19)22(26)27-16-4-2/h19-21H,3-17H2,1-2H3/t19-,20-,21?,23?,24?. The first-order valence-electron chi connectivity index (χ1n) is 11.6. The Morgan fingerprint density at radius 3 is 2.19 bits per heavy atom. The summed E-state index contributed by atoms with van der Waals surface area (Å²) < 4.78 is 5.34. The largest absolute Gasteiger partial charge is 0.465 e. The Balaban J connectivity index is 1.51. The second kappa shape index (κ2) is 8.97. The monoisotopic (exact) mass is 373 g/mol. The number of carbonyl (C=O) groups is 1. The Morgan fingerprint density at radius 2 is 1.67 bits per heavy atom. The summed E-state index contributed by atoms with van der Waals surface area (Å²) in [6, 6.07) is 2.75. The van der Waals surface area contributed by atoms with Gasteiger partial charge in [0.15, 0.2) is 0 Å². The molecule has 0 heterocycles. The molecule has 0 radical (unpaired) electrons. The fourth-order valence-electron chi connectivity index (χ4n) is 6.45. The molecule has 152 valence electrons. The molecule has 0 N–H and O–H groups in total. The average molecular weight is 374 g/mol. The van der Waals surface area contributed by atoms with Crippen molar-refractivity contribution in [2.24, 2.45) is 28.6 Å². The lowest BCUT2D eigenvalue weighted by atomic mass is 9.48. The van der Waals surface area contributed by atoms with Gasteiger partial charge in [0, 0.05) is 0 Å². The van der Waals surface area contributed by atoms with E-state index in [1.54, 1.807) is 0 Å². The molecular formula is C24H39NO2. The van der Waals surface area contributed by atoms with Crippen LogP contribution in [-0.2, 0) is 9.53 Å². The molecule has 0 amide bonds. The van der Waals surface area contributed by atoms with Crippen molar-refractivity contribution in [1.82, 2.24) is 0 Å². The topological polar surface area (TPSA) is 50.1 Å². The summed E-state index contributed by atoms with van der Waals surface area (Å²) in [5.41, 5.74) is 0.925. The van der Waals surface area contributed by atoms with Crippen LogP contribution in [0.5, 0.6) is 0 Å². The van der Waals surface area contributed by atoms with Crippen molar-refractivity contribution in [3.05, 3.63) is 0 Å². The van der Waals surface area contributed by atoms with Gasteiger partial charge in [-0.15, -0.1) is 0 Å². The maximum Gasteiger partial charge on any atom is 0.308 e. The van der Waals surface area contributed by atoms with Crippen LogP contribution in [0.15, 0.2) is 0 Å². The number of hydrogen-bond acceptors (Lipinski definition) is 3. The highest BCUT2D eigenvalue weighted by Gasteiger charge is 2.51. The molecular weight excluding hydrogens is 334 g/mol. The number of rotatable bonds is 8. The van der Waals surface area contributed by atoms with Gasteiger partial charge < -0.3 is 4.74 Å². The fraction of sp³-hybridized carbons (Fsp3) is 0.917. The number of nitriles is 1. The van der Waals surface area contributed by atoms with Gasteiger partial charge >= 0.3 is 5.97 Å². The smallest absolute Gasteiger partial charge is 0.308 e. The summed E-state index contributed by atoms with van der Waals surface area (Å²) in [5, 5.41) is 10.0. The number of hydrogen-bond donors (Lipinski definition) is 0. The third-order valence-electron chi connectivity index (χ3n) is 8.33. The lowest BCUT2D eigenvalue weighted by Crippen LogP contribution is -2.45. The SMILES string of the molecule is CCCOC(=O)[C@H]1CC[C@H](CC(C#N)C23CCC(CCC)(CC2)CC3)CC1. The number of esters is 1. The van der Waals surface area contributed by atoms with Crippen molar-refractivity contribution in [3.63, 3.8) is 0 Å². The first-order chi connectivity index (χ1) is 13.1. The third-order valence-corrected chi connectivity index (χ3v) is 8.33. The van der Waals surface area contributed by atoms with E-state index in [1.165, 1.54) is 51.4 Å². The Morgan fingerprint density at radius 1 is 1.04 bits per heavy atom. The van der Waals surface area contributed by atoms with Gasteiger partial charge in [-0.25, -0.2) is 0 Å². The molecule has 4 aliphatic carbocycles. The number of ether oxygens (including phenoxy) is 1. The van der Waals surface area contributed by atoms with E-state index in [0.29, 0.717) is 23.4 Å². The van der Waals surface area contributed by atoms with Crippen molar-refractivity contribution in [1.29, 1.82) is 5.26 Å². The minimum atomic E-state index is 0.0116. The van der Waals surface area contributed by atoms with Crippen molar-refractivity contribution in [2.75, 3.05) is 6.61 Å². The Labute approximate surface area is 166 Å². The second-order valence-electron chi connectivity index (χ2n) is 9.91. The van der Waals surface area contributed by atoms with Gasteiger partial charge in [-0.2, -0.15) is 5.26 Å². The van der Waals surface area contributed by atoms with Crippen LogP contribution >= 0.6 is 0 Å². The maximum absolute atomic E-state index is 12.1. The zero-order valence-electron chi connectivity index (χ0n) is 17.6. The predicted molar refractivity (Wildman–Crippen MR) is 108 cm³/mol. The quantitative estimate of drug-likeness (QED) is 0.461. The molecule has 1 unspecified atom stereocenters. The Bertz CT molecular complexity index is 517. The molecule has 0 saturated heterocycles. The summed E-state index contributed by atoms with van der Waals surface area (Å²) in [6.07, 6.45) is 16.7.